The summed E-state index contributed by atoms with van der Waals surface area (Å²) in [7, 11) is 1.93. The number of benzene rings is 2. The Hall–Kier alpha value is -2.31. The van der Waals surface area contributed by atoms with Gasteiger partial charge in [-0.15, -0.1) is 10.2 Å². The van der Waals surface area contributed by atoms with Gasteiger partial charge < -0.3 is 9.88 Å². The topological polar surface area (TPSA) is 59.8 Å². The minimum Gasteiger partial charge on any atom is -0.355 e. The van der Waals surface area contributed by atoms with E-state index in [1.54, 1.807) is 0 Å². The zero-order valence-corrected chi connectivity index (χ0v) is 16.6. The van der Waals surface area contributed by atoms with Crippen molar-refractivity contribution in [2.24, 2.45) is 7.05 Å². The number of hydrogen-bond acceptors (Lipinski definition) is 4. The van der Waals surface area contributed by atoms with E-state index in [-0.39, 0.29) is 5.91 Å². The van der Waals surface area contributed by atoms with Crippen LogP contribution in [0, 0.1) is 0 Å². The molecule has 3 aromatic rings. The lowest BCUT2D eigenvalue weighted by molar-refractivity contribution is -0.118. The molecule has 3 rings (SSSR count). The van der Waals surface area contributed by atoms with Crippen LogP contribution in [0.25, 0.3) is 0 Å². The predicted molar refractivity (Wildman–Crippen MR) is 109 cm³/mol. The minimum absolute atomic E-state index is 0.0124. The first kappa shape index (κ1) is 19.5. The van der Waals surface area contributed by atoms with Crippen LogP contribution in [0.15, 0.2) is 59.8 Å². The van der Waals surface area contributed by atoms with Crippen molar-refractivity contribution in [2.45, 2.75) is 18.0 Å². The number of carbonyl (C=O) groups excluding carboxylic acids is 1. The molecule has 7 heteroatoms. The number of nitrogens with one attached hydrogen (secondary N) is 1. The van der Waals surface area contributed by atoms with Crippen LogP contribution in [-0.4, -0.2) is 33.0 Å². The van der Waals surface area contributed by atoms with E-state index in [0.29, 0.717) is 12.3 Å². The fraction of sp³-hybridized carbons (Fsp3) is 0.250. The number of rotatable bonds is 8. The van der Waals surface area contributed by atoms with Crippen molar-refractivity contribution in [2.75, 3.05) is 12.3 Å². The van der Waals surface area contributed by atoms with Crippen LogP contribution in [0.2, 0.25) is 5.02 Å². The molecule has 0 bridgehead atoms. The molecule has 0 saturated carbocycles. The normalized spacial score (nSPS) is 10.7. The molecule has 1 aromatic heterocycles. The number of hydrogen-bond donors (Lipinski definition) is 1. The Morgan fingerprint density at radius 2 is 1.81 bits per heavy atom. The van der Waals surface area contributed by atoms with E-state index in [1.807, 2.05) is 54.1 Å². The summed E-state index contributed by atoms with van der Waals surface area (Å²) in [6, 6.07) is 17.8. The Morgan fingerprint density at radius 1 is 1.07 bits per heavy atom. The van der Waals surface area contributed by atoms with Gasteiger partial charge in [0.25, 0.3) is 0 Å². The Morgan fingerprint density at radius 3 is 2.56 bits per heavy atom. The number of carbonyl (C=O) groups is 1. The number of nitrogens with zero attached hydrogens (tertiary/aromatic N) is 3. The SMILES string of the molecule is Cn1c(Cc2ccccc2)nnc1SCC(=O)NCCc1ccc(Cl)cc1. The van der Waals surface area contributed by atoms with Gasteiger partial charge in [-0.2, -0.15) is 0 Å². The quantitative estimate of drug-likeness (QED) is 0.588. The second kappa shape index (κ2) is 9.58. The van der Waals surface area contributed by atoms with Gasteiger partial charge >= 0.3 is 0 Å². The molecule has 0 radical (unpaired) electrons. The molecule has 140 valence electrons. The molecular weight excluding hydrogens is 380 g/mol. The maximum absolute atomic E-state index is 12.1. The third kappa shape index (κ3) is 5.84. The first-order chi connectivity index (χ1) is 13.1. The zero-order chi connectivity index (χ0) is 19.1. The highest BCUT2D eigenvalue weighted by Crippen LogP contribution is 2.17. The van der Waals surface area contributed by atoms with E-state index in [1.165, 1.54) is 17.3 Å². The van der Waals surface area contributed by atoms with Crippen LogP contribution in [0.5, 0.6) is 0 Å². The Labute approximate surface area is 168 Å². The largest absolute Gasteiger partial charge is 0.355 e. The molecule has 2 aromatic carbocycles. The number of aromatic nitrogens is 3. The van der Waals surface area contributed by atoms with E-state index in [0.717, 1.165) is 34.4 Å². The fourth-order valence-corrected chi connectivity index (χ4v) is 3.47. The molecule has 1 N–H and O–H groups in total. The lowest BCUT2D eigenvalue weighted by atomic mass is 10.1. The first-order valence-electron chi connectivity index (χ1n) is 8.68. The summed E-state index contributed by atoms with van der Waals surface area (Å²) in [6.45, 7) is 0.596. The van der Waals surface area contributed by atoms with Crippen LogP contribution in [0.1, 0.15) is 17.0 Å². The van der Waals surface area contributed by atoms with Crippen molar-refractivity contribution in [1.29, 1.82) is 0 Å². The van der Waals surface area contributed by atoms with Crippen LogP contribution >= 0.6 is 23.4 Å². The second-order valence-corrected chi connectivity index (χ2v) is 7.51. The molecule has 0 aliphatic heterocycles. The molecular formula is C20H21ClN4OS. The van der Waals surface area contributed by atoms with Gasteiger partial charge in [-0.1, -0.05) is 65.8 Å². The maximum atomic E-state index is 12.1. The van der Waals surface area contributed by atoms with E-state index in [9.17, 15) is 4.79 Å². The van der Waals surface area contributed by atoms with Crippen molar-refractivity contribution in [1.82, 2.24) is 20.1 Å². The molecule has 0 unspecified atom stereocenters. The number of amides is 1. The molecule has 0 fully saturated rings. The van der Waals surface area contributed by atoms with Crippen molar-refractivity contribution in [3.63, 3.8) is 0 Å². The molecule has 1 amide bonds. The predicted octanol–water partition coefficient (Wildman–Crippen LogP) is 3.51. The molecule has 0 aliphatic rings. The summed E-state index contributed by atoms with van der Waals surface area (Å²) < 4.78 is 1.94. The highest BCUT2D eigenvalue weighted by Gasteiger charge is 2.11. The fourth-order valence-electron chi connectivity index (χ4n) is 2.58. The smallest absolute Gasteiger partial charge is 0.230 e. The van der Waals surface area contributed by atoms with Crippen LogP contribution in [0.3, 0.4) is 0 Å². The lowest BCUT2D eigenvalue weighted by Crippen LogP contribution is -2.27. The van der Waals surface area contributed by atoms with Crippen molar-refractivity contribution < 1.29 is 4.79 Å². The Bertz CT molecular complexity index is 881. The van der Waals surface area contributed by atoms with Gasteiger partial charge in [0.1, 0.15) is 5.82 Å². The van der Waals surface area contributed by atoms with E-state index < -0.39 is 0 Å². The highest BCUT2D eigenvalue weighted by molar-refractivity contribution is 7.99. The first-order valence-corrected chi connectivity index (χ1v) is 10.0. The van der Waals surface area contributed by atoms with Gasteiger partial charge in [-0.25, -0.2) is 0 Å². The van der Waals surface area contributed by atoms with Crippen LogP contribution in [0.4, 0.5) is 0 Å². The summed E-state index contributed by atoms with van der Waals surface area (Å²) >= 11 is 7.26. The molecule has 0 aliphatic carbocycles. The zero-order valence-electron chi connectivity index (χ0n) is 15.1. The summed E-state index contributed by atoms with van der Waals surface area (Å²) in [4.78, 5) is 12.1. The van der Waals surface area contributed by atoms with Crippen molar-refractivity contribution in [3.8, 4) is 0 Å². The average Bonchev–Trinajstić information content (AvgIpc) is 3.02. The molecule has 0 saturated heterocycles. The molecule has 5 nitrogen and oxygen atoms in total. The third-order valence-corrected chi connectivity index (χ3v) is 5.38. The number of halogens is 1. The van der Waals surface area contributed by atoms with Gasteiger partial charge in [-0.3, -0.25) is 4.79 Å². The molecule has 27 heavy (non-hydrogen) atoms. The molecule has 0 atom stereocenters. The monoisotopic (exact) mass is 400 g/mol. The van der Waals surface area contributed by atoms with E-state index in [2.05, 4.69) is 27.6 Å². The van der Waals surface area contributed by atoms with Gasteiger partial charge in [-0.05, 0) is 29.7 Å². The second-order valence-electron chi connectivity index (χ2n) is 6.14. The van der Waals surface area contributed by atoms with Gasteiger partial charge in [0.2, 0.25) is 5.91 Å². The lowest BCUT2D eigenvalue weighted by Gasteiger charge is -2.06. The summed E-state index contributed by atoms with van der Waals surface area (Å²) in [5, 5.41) is 12.8. The summed E-state index contributed by atoms with van der Waals surface area (Å²) in [5.74, 6) is 1.19. The van der Waals surface area contributed by atoms with Gasteiger partial charge in [0, 0.05) is 25.0 Å². The summed E-state index contributed by atoms with van der Waals surface area (Å²) in [6.07, 6.45) is 1.50. The minimum atomic E-state index is -0.0124. The summed E-state index contributed by atoms with van der Waals surface area (Å²) in [5.41, 5.74) is 2.33. The van der Waals surface area contributed by atoms with Gasteiger partial charge in [0.15, 0.2) is 5.16 Å². The van der Waals surface area contributed by atoms with Crippen molar-refractivity contribution >= 4 is 29.3 Å². The van der Waals surface area contributed by atoms with E-state index in [4.69, 9.17) is 11.6 Å². The van der Waals surface area contributed by atoms with Crippen molar-refractivity contribution in [3.05, 3.63) is 76.6 Å². The highest BCUT2D eigenvalue weighted by atomic mass is 35.5. The van der Waals surface area contributed by atoms with Gasteiger partial charge in [0.05, 0.1) is 5.75 Å². The molecule has 1 heterocycles. The maximum Gasteiger partial charge on any atom is 0.230 e. The Kier molecular flexibility index (Phi) is 6.90. The van der Waals surface area contributed by atoms with Crippen LogP contribution in [-0.2, 0) is 24.7 Å². The number of thioether (sulfide) groups is 1. The molecule has 0 spiro atoms. The average molecular weight is 401 g/mol. The van der Waals surface area contributed by atoms with E-state index >= 15 is 0 Å². The third-order valence-electron chi connectivity index (χ3n) is 4.11. The van der Waals surface area contributed by atoms with Crippen LogP contribution < -0.4 is 5.32 Å². The Balaban J connectivity index is 1.44. The standard InChI is InChI=1S/C20H21ClN4OS/c1-25-18(13-16-5-3-2-4-6-16)23-24-20(25)27-14-19(26)22-12-11-15-7-9-17(21)10-8-15/h2-10H,11-14H2,1H3,(H,22,26).